The van der Waals surface area contributed by atoms with Gasteiger partial charge in [0.2, 0.25) is 0 Å². The molecule has 1 aliphatic heterocycles. The van der Waals surface area contributed by atoms with Gasteiger partial charge in [-0.25, -0.2) is 4.98 Å². The van der Waals surface area contributed by atoms with Crippen LogP contribution in [0.2, 0.25) is 0 Å². The summed E-state index contributed by atoms with van der Waals surface area (Å²) in [4.78, 5) is 16.8. The summed E-state index contributed by atoms with van der Waals surface area (Å²) in [5, 5.41) is 9.48. The highest BCUT2D eigenvalue weighted by Crippen LogP contribution is 2.16. The molecule has 1 aromatic carbocycles. The second kappa shape index (κ2) is 9.99. The van der Waals surface area contributed by atoms with Crippen molar-refractivity contribution >= 4 is 42.1 Å². The van der Waals surface area contributed by atoms with Crippen molar-refractivity contribution in [2.75, 3.05) is 13.1 Å². The molecule has 4 nitrogen and oxygen atoms in total. The number of amides is 1. The zero-order valence-electron chi connectivity index (χ0n) is 13.6. The molecule has 0 spiro atoms. The monoisotopic (exact) mass is 387 g/mol. The number of nitrogens with zero attached hydrogens (tertiary/aromatic N) is 1. The standard InChI is InChI=1S/C17H21N3OS.2ClH/c1-2-16-20-15(11-22-16)10-19-17(21)14-4-3-12-5-7-18-8-6-13(12)9-14;;/h3-4,9,11,18H,2,5-8,10H2,1H3,(H,19,21);2*1H. The van der Waals surface area contributed by atoms with Crippen LogP contribution in [0.15, 0.2) is 23.6 Å². The molecular weight excluding hydrogens is 365 g/mol. The van der Waals surface area contributed by atoms with Crippen molar-refractivity contribution in [1.29, 1.82) is 0 Å². The number of halogens is 2. The lowest BCUT2D eigenvalue weighted by Gasteiger charge is -2.08. The van der Waals surface area contributed by atoms with Gasteiger partial charge in [-0.2, -0.15) is 0 Å². The van der Waals surface area contributed by atoms with Crippen LogP contribution < -0.4 is 10.6 Å². The number of hydrogen-bond acceptors (Lipinski definition) is 4. The lowest BCUT2D eigenvalue weighted by Crippen LogP contribution is -2.23. The van der Waals surface area contributed by atoms with Gasteiger partial charge in [0.05, 0.1) is 17.2 Å². The molecule has 0 saturated heterocycles. The van der Waals surface area contributed by atoms with Crippen molar-refractivity contribution in [1.82, 2.24) is 15.6 Å². The topological polar surface area (TPSA) is 54.0 Å². The smallest absolute Gasteiger partial charge is 0.251 e. The minimum Gasteiger partial charge on any atom is -0.346 e. The number of carbonyl (C=O) groups excluding carboxylic acids is 1. The van der Waals surface area contributed by atoms with E-state index >= 15 is 0 Å². The van der Waals surface area contributed by atoms with E-state index in [1.54, 1.807) is 11.3 Å². The Morgan fingerprint density at radius 1 is 1.25 bits per heavy atom. The van der Waals surface area contributed by atoms with Crippen LogP contribution in [0.5, 0.6) is 0 Å². The van der Waals surface area contributed by atoms with E-state index in [0.717, 1.165) is 48.6 Å². The molecule has 0 unspecified atom stereocenters. The van der Waals surface area contributed by atoms with E-state index in [4.69, 9.17) is 0 Å². The average molecular weight is 388 g/mol. The molecule has 0 saturated carbocycles. The minimum atomic E-state index is -0.0222. The molecule has 7 heteroatoms. The van der Waals surface area contributed by atoms with Gasteiger partial charge >= 0.3 is 0 Å². The predicted molar refractivity (Wildman–Crippen MR) is 104 cm³/mol. The van der Waals surface area contributed by atoms with Crippen molar-refractivity contribution in [2.45, 2.75) is 32.7 Å². The Morgan fingerprint density at radius 2 is 2.00 bits per heavy atom. The van der Waals surface area contributed by atoms with Crippen molar-refractivity contribution < 1.29 is 4.79 Å². The lowest BCUT2D eigenvalue weighted by molar-refractivity contribution is 0.0950. The van der Waals surface area contributed by atoms with Gasteiger partial charge in [-0.1, -0.05) is 13.0 Å². The van der Waals surface area contributed by atoms with E-state index in [1.165, 1.54) is 11.1 Å². The van der Waals surface area contributed by atoms with E-state index < -0.39 is 0 Å². The zero-order valence-corrected chi connectivity index (χ0v) is 16.1. The molecule has 2 aromatic rings. The van der Waals surface area contributed by atoms with Gasteiger partial charge in [-0.3, -0.25) is 4.79 Å². The van der Waals surface area contributed by atoms with E-state index in [-0.39, 0.29) is 30.7 Å². The summed E-state index contributed by atoms with van der Waals surface area (Å²) in [5.74, 6) is -0.0222. The first-order valence-electron chi connectivity index (χ1n) is 7.80. The quantitative estimate of drug-likeness (QED) is 0.846. The third-order valence-corrected chi connectivity index (χ3v) is 4.98. The molecule has 2 N–H and O–H groups in total. The van der Waals surface area contributed by atoms with Crippen LogP contribution in [0.1, 0.15) is 39.1 Å². The first kappa shape index (κ1) is 20.9. The van der Waals surface area contributed by atoms with E-state index in [0.29, 0.717) is 6.54 Å². The molecular formula is C17H23Cl2N3OS. The van der Waals surface area contributed by atoms with Gasteiger partial charge in [0.1, 0.15) is 0 Å². The van der Waals surface area contributed by atoms with Crippen molar-refractivity contribution in [2.24, 2.45) is 0 Å². The van der Waals surface area contributed by atoms with Crippen LogP contribution in [-0.2, 0) is 25.8 Å². The average Bonchev–Trinajstić information content (AvgIpc) is 2.88. The van der Waals surface area contributed by atoms with Gasteiger partial charge in [-0.15, -0.1) is 36.2 Å². The SMILES string of the molecule is CCc1nc(CNC(=O)c2ccc3c(c2)CCNCC3)cs1.Cl.Cl. The lowest BCUT2D eigenvalue weighted by atomic mass is 10.00. The summed E-state index contributed by atoms with van der Waals surface area (Å²) < 4.78 is 0. The van der Waals surface area contributed by atoms with Crippen LogP contribution in [-0.4, -0.2) is 24.0 Å². The molecule has 0 fully saturated rings. The molecule has 3 rings (SSSR count). The molecule has 0 bridgehead atoms. The molecule has 0 radical (unpaired) electrons. The Balaban J connectivity index is 0.00000144. The first-order chi connectivity index (χ1) is 10.8. The second-order valence-corrected chi connectivity index (χ2v) is 6.44. The highest BCUT2D eigenvalue weighted by molar-refractivity contribution is 7.09. The van der Waals surface area contributed by atoms with Crippen molar-refractivity contribution in [3.63, 3.8) is 0 Å². The number of fused-ring (bicyclic) bond motifs is 1. The fraction of sp³-hybridized carbons (Fsp3) is 0.412. The molecule has 0 aliphatic carbocycles. The van der Waals surface area contributed by atoms with Gasteiger partial charge in [-0.05, 0) is 55.6 Å². The third kappa shape index (κ3) is 5.18. The minimum absolute atomic E-state index is 0. The maximum absolute atomic E-state index is 12.3. The summed E-state index contributed by atoms with van der Waals surface area (Å²) in [5.41, 5.74) is 4.33. The van der Waals surface area contributed by atoms with E-state index in [2.05, 4.69) is 28.6 Å². The van der Waals surface area contributed by atoms with Crippen molar-refractivity contribution in [3.05, 3.63) is 51.0 Å². The number of aromatic nitrogens is 1. The summed E-state index contributed by atoms with van der Waals surface area (Å²) in [6, 6.07) is 6.06. The summed E-state index contributed by atoms with van der Waals surface area (Å²) >= 11 is 1.65. The van der Waals surface area contributed by atoms with Crippen LogP contribution in [0.4, 0.5) is 0 Å². The van der Waals surface area contributed by atoms with Crippen LogP contribution >= 0.6 is 36.2 Å². The molecule has 24 heavy (non-hydrogen) atoms. The number of thiazole rings is 1. The maximum atomic E-state index is 12.3. The fourth-order valence-corrected chi connectivity index (χ4v) is 3.43. The normalized spacial score (nSPS) is 13.0. The van der Waals surface area contributed by atoms with Gasteiger partial charge < -0.3 is 10.6 Å². The number of benzene rings is 1. The molecule has 0 atom stereocenters. The number of rotatable bonds is 4. The number of nitrogens with one attached hydrogen (secondary N) is 2. The molecule has 1 aromatic heterocycles. The van der Waals surface area contributed by atoms with Crippen LogP contribution in [0.3, 0.4) is 0 Å². The van der Waals surface area contributed by atoms with Gasteiger partial charge in [0.15, 0.2) is 0 Å². The fourth-order valence-electron chi connectivity index (χ4n) is 2.68. The molecule has 132 valence electrons. The molecule has 1 aliphatic rings. The Bertz CT molecular complexity index is 676. The Hall–Kier alpha value is -1.14. The number of hydrogen-bond donors (Lipinski definition) is 2. The number of aryl methyl sites for hydroxylation is 1. The van der Waals surface area contributed by atoms with E-state index in [9.17, 15) is 4.79 Å². The second-order valence-electron chi connectivity index (χ2n) is 5.50. The third-order valence-electron chi connectivity index (χ3n) is 3.94. The summed E-state index contributed by atoms with van der Waals surface area (Å²) in [7, 11) is 0. The predicted octanol–water partition coefficient (Wildman–Crippen LogP) is 3.17. The molecule has 1 amide bonds. The Labute approximate surface area is 159 Å². The number of carbonyl (C=O) groups is 1. The first-order valence-corrected chi connectivity index (χ1v) is 8.68. The van der Waals surface area contributed by atoms with Gasteiger partial charge in [0, 0.05) is 10.9 Å². The highest BCUT2D eigenvalue weighted by Gasteiger charge is 2.12. The van der Waals surface area contributed by atoms with Crippen molar-refractivity contribution in [3.8, 4) is 0 Å². The largest absolute Gasteiger partial charge is 0.346 e. The van der Waals surface area contributed by atoms with Crippen LogP contribution in [0.25, 0.3) is 0 Å². The Morgan fingerprint density at radius 3 is 2.71 bits per heavy atom. The van der Waals surface area contributed by atoms with Crippen LogP contribution in [0, 0.1) is 0 Å². The Kier molecular flexibility index (Phi) is 8.70. The van der Waals surface area contributed by atoms with E-state index in [1.807, 2.05) is 17.5 Å². The summed E-state index contributed by atoms with van der Waals surface area (Å²) in [6.07, 6.45) is 2.97. The maximum Gasteiger partial charge on any atom is 0.251 e. The molecule has 2 heterocycles. The highest BCUT2D eigenvalue weighted by atomic mass is 35.5. The zero-order chi connectivity index (χ0) is 15.4. The van der Waals surface area contributed by atoms with Gasteiger partial charge in [0.25, 0.3) is 5.91 Å². The summed E-state index contributed by atoms with van der Waals surface area (Å²) in [6.45, 7) is 4.58.